The van der Waals surface area contributed by atoms with Crippen LogP contribution in [0.2, 0.25) is 0 Å². The maximum Gasteiger partial charge on any atom is 0.289 e. The Hall–Kier alpha value is -2.47. The largest absolute Gasteiger partial charge is 0.503 e. The van der Waals surface area contributed by atoms with E-state index in [4.69, 9.17) is 0 Å². The van der Waals surface area contributed by atoms with Gasteiger partial charge in [-0.1, -0.05) is 18.2 Å². The van der Waals surface area contributed by atoms with Crippen molar-refractivity contribution >= 4 is 23.0 Å². The number of hydrogen-bond donors (Lipinski definition) is 1. The van der Waals surface area contributed by atoms with E-state index in [2.05, 4.69) is 0 Å². The van der Waals surface area contributed by atoms with Crippen LogP contribution >= 0.6 is 11.3 Å². The van der Waals surface area contributed by atoms with Gasteiger partial charge in [-0.25, -0.2) is 4.39 Å². The second-order valence-corrected chi connectivity index (χ2v) is 5.89. The summed E-state index contributed by atoms with van der Waals surface area (Å²) in [6.07, 6.45) is 0. The molecule has 0 aliphatic carbocycles. The predicted molar refractivity (Wildman–Crippen MR) is 80.2 cm³/mol. The summed E-state index contributed by atoms with van der Waals surface area (Å²) in [5, 5.41) is 11.8. The van der Waals surface area contributed by atoms with Crippen LogP contribution in [-0.2, 0) is 4.79 Å². The number of aliphatic hydroxyl groups excluding tert-OH is 1. The highest BCUT2D eigenvalue weighted by atomic mass is 32.1. The summed E-state index contributed by atoms with van der Waals surface area (Å²) in [7, 11) is 1.48. The summed E-state index contributed by atoms with van der Waals surface area (Å²) >= 11 is 1.22. The Bertz CT molecular complexity index is 782. The molecule has 3 rings (SSSR count). The molecule has 0 radical (unpaired) electrons. The van der Waals surface area contributed by atoms with Gasteiger partial charge in [-0.05, 0) is 29.1 Å². The molecule has 0 spiro atoms. The number of carbonyl (C=O) groups excluding carboxylic acids is 2. The van der Waals surface area contributed by atoms with E-state index in [1.54, 1.807) is 23.6 Å². The maximum atomic E-state index is 13.5. The quantitative estimate of drug-likeness (QED) is 0.885. The Kier molecular flexibility index (Phi) is 3.54. The summed E-state index contributed by atoms with van der Waals surface area (Å²) in [5.74, 6) is -2.10. The molecule has 6 heteroatoms. The van der Waals surface area contributed by atoms with Crippen molar-refractivity contribution in [1.29, 1.82) is 0 Å². The number of likely N-dealkylation sites (N-methyl/N-ethyl adjacent to an activating group) is 1. The van der Waals surface area contributed by atoms with Gasteiger partial charge in [0.1, 0.15) is 5.82 Å². The number of hydrogen-bond acceptors (Lipinski definition) is 4. The lowest BCUT2D eigenvalue weighted by atomic mass is 9.95. The van der Waals surface area contributed by atoms with Crippen LogP contribution in [-0.4, -0.2) is 28.7 Å². The Balaban J connectivity index is 2.11. The first kappa shape index (κ1) is 14.5. The fourth-order valence-corrected chi connectivity index (χ4v) is 3.24. The zero-order chi connectivity index (χ0) is 15.9. The van der Waals surface area contributed by atoms with Crippen molar-refractivity contribution in [2.45, 2.75) is 6.04 Å². The van der Waals surface area contributed by atoms with Crippen molar-refractivity contribution in [2.24, 2.45) is 0 Å². The van der Waals surface area contributed by atoms with E-state index < -0.39 is 29.3 Å². The number of rotatable bonds is 3. The molecule has 2 heterocycles. The number of ketones is 1. The highest BCUT2D eigenvalue weighted by molar-refractivity contribution is 7.12. The van der Waals surface area contributed by atoms with E-state index in [1.807, 2.05) is 0 Å². The maximum absolute atomic E-state index is 13.5. The van der Waals surface area contributed by atoms with Crippen LogP contribution in [0.4, 0.5) is 4.39 Å². The Morgan fingerprint density at radius 3 is 2.73 bits per heavy atom. The molecule has 4 nitrogen and oxygen atoms in total. The molecule has 0 saturated heterocycles. The zero-order valence-electron chi connectivity index (χ0n) is 11.6. The normalized spacial score (nSPS) is 18.2. The molecule has 0 fully saturated rings. The lowest BCUT2D eigenvalue weighted by molar-refractivity contribution is -0.128. The third-order valence-electron chi connectivity index (χ3n) is 3.59. The van der Waals surface area contributed by atoms with Gasteiger partial charge >= 0.3 is 0 Å². The van der Waals surface area contributed by atoms with Gasteiger partial charge in [0.15, 0.2) is 5.76 Å². The molecule has 1 aliphatic rings. The minimum absolute atomic E-state index is 0.0134. The van der Waals surface area contributed by atoms with E-state index in [-0.39, 0.29) is 5.57 Å². The zero-order valence-corrected chi connectivity index (χ0v) is 12.4. The van der Waals surface area contributed by atoms with Gasteiger partial charge in [-0.2, -0.15) is 0 Å². The van der Waals surface area contributed by atoms with E-state index in [9.17, 15) is 19.1 Å². The first-order valence-corrected chi connectivity index (χ1v) is 7.42. The molecule has 112 valence electrons. The summed E-state index contributed by atoms with van der Waals surface area (Å²) < 4.78 is 13.5. The topological polar surface area (TPSA) is 57.6 Å². The van der Waals surface area contributed by atoms with Crippen molar-refractivity contribution in [3.8, 4) is 0 Å². The van der Waals surface area contributed by atoms with Crippen LogP contribution in [0.1, 0.15) is 21.3 Å². The molecule has 2 aromatic rings. The van der Waals surface area contributed by atoms with Crippen molar-refractivity contribution < 1.29 is 19.1 Å². The Labute approximate surface area is 130 Å². The molecule has 1 unspecified atom stereocenters. The van der Waals surface area contributed by atoms with Gasteiger partial charge in [-0.3, -0.25) is 9.59 Å². The molecule has 1 atom stereocenters. The lowest BCUT2D eigenvalue weighted by Gasteiger charge is -2.22. The van der Waals surface area contributed by atoms with Crippen LogP contribution < -0.4 is 0 Å². The fraction of sp³-hybridized carbons (Fsp3) is 0.125. The first-order chi connectivity index (χ1) is 10.5. The Morgan fingerprint density at radius 2 is 2.09 bits per heavy atom. The number of halogens is 1. The SMILES string of the molecule is CN1C(=O)C(O)=C(C(=O)c2cccs2)C1c1cccc(F)c1. The minimum atomic E-state index is -0.794. The molecule has 1 aromatic carbocycles. The van der Waals surface area contributed by atoms with Gasteiger partial charge in [0.25, 0.3) is 5.91 Å². The number of benzene rings is 1. The molecule has 1 aliphatic heterocycles. The average Bonchev–Trinajstić information content (AvgIpc) is 3.10. The number of thiophene rings is 1. The number of nitrogens with zero attached hydrogens (tertiary/aromatic N) is 1. The molecule has 1 N–H and O–H groups in total. The van der Waals surface area contributed by atoms with E-state index in [0.717, 1.165) is 0 Å². The van der Waals surface area contributed by atoms with Crippen molar-refractivity contribution in [2.75, 3.05) is 7.05 Å². The van der Waals surface area contributed by atoms with E-state index in [0.29, 0.717) is 10.4 Å². The van der Waals surface area contributed by atoms with Gasteiger partial charge in [0.05, 0.1) is 16.5 Å². The van der Waals surface area contributed by atoms with Crippen LogP contribution in [0.15, 0.2) is 53.1 Å². The number of Topliss-reactive ketones (excluding diaryl/α,β-unsaturated/α-hetero) is 1. The van der Waals surface area contributed by atoms with Crippen LogP contribution in [0, 0.1) is 5.82 Å². The van der Waals surface area contributed by atoms with E-state index in [1.165, 1.54) is 41.5 Å². The monoisotopic (exact) mass is 317 g/mol. The van der Waals surface area contributed by atoms with Gasteiger partial charge < -0.3 is 10.0 Å². The molecular weight excluding hydrogens is 305 g/mol. The number of carbonyl (C=O) groups is 2. The number of aliphatic hydroxyl groups is 1. The first-order valence-electron chi connectivity index (χ1n) is 6.54. The minimum Gasteiger partial charge on any atom is -0.503 e. The van der Waals surface area contributed by atoms with Crippen molar-refractivity contribution in [1.82, 2.24) is 4.90 Å². The van der Waals surface area contributed by atoms with Crippen LogP contribution in [0.25, 0.3) is 0 Å². The summed E-state index contributed by atoms with van der Waals surface area (Å²) in [4.78, 5) is 26.3. The lowest BCUT2D eigenvalue weighted by Crippen LogP contribution is -2.26. The van der Waals surface area contributed by atoms with Crippen LogP contribution in [0.3, 0.4) is 0 Å². The molecule has 22 heavy (non-hydrogen) atoms. The summed E-state index contributed by atoms with van der Waals surface area (Å²) in [6.45, 7) is 0. The summed E-state index contributed by atoms with van der Waals surface area (Å²) in [5.41, 5.74) is 0.431. The Morgan fingerprint density at radius 1 is 1.32 bits per heavy atom. The van der Waals surface area contributed by atoms with Crippen molar-refractivity contribution in [3.63, 3.8) is 0 Å². The molecule has 1 aromatic heterocycles. The summed E-state index contributed by atoms with van der Waals surface area (Å²) in [6, 6.07) is 8.21. The average molecular weight is 317 g/mol. The van der Waals surface area contributed by atoms with Crippen molar-refractivity contribution in [3.05, 3.63) is 69.4 Å². The highest BCUT2D eigenvalue weighted by Gasteiger charge is 2.42. The molecule has 1 amide bonds. The van der Waals surface area contributed by atoms with Gasteiger partial charge in [0.2, 0.25) is 5.78 Å². The second-order valence-electron chi connectivity index (χ2n) is 4.94. The van der Waals surface area contributed by atoms with Crippen LogP contribution in [0.5, 0.6) is 0 Å². The number of amides is 1. The van der Waals surface area contributed by atoms with Gasteiger partial charge in [-0.15, -0.1) is 11.3 Å². The van der Waals surface area contributed by atoms with E-state index >= 15 is 0 Å². The highest BCUT2D eigenvalue weighted by Crippen LogP contribution is 2.38. The molecule has 0 saturated carbocycles. The second kappa shape index (κ2) is 5.38. The third-order valence-corrected chi connectivity index (χ3v) is 4.46. The molecule has 0 bridgehead atoms. The smallest absolute Gasteiger partial charge is 0.289 e. The third kappa shape index (κ3) is 2.21. The van der Waals surface area contributed by atoms with Gasteiger partial charge in [0, 0.05) is 7.05 Å². The molecular formula is C16H12FNO3S. The fourth-order valence-electron chi connectivity index (χ4n) is 2.56. The predicted octanol–water partition coefficient (Wildman–Crippen LogP) is 3.10. The standard InChI is InChI=1S/C16H12FNO3S/c1-18-13(9-4-2-5-10(17)8-9)12(15(20)16(18)21)14(19)11-6-3-7-22-11/h2-8,13,20H,1H3.